The van der Waals surface area contributed by atoms with Gasteiger partial charge in [-0.1, -0.05) is 0 Å². The Kier molecular flexibility index (Phi) is 5.53. The zero-order chi connectivity index (χ0) is 17.0. The van der Waals surface area contributed by atoms with Crippen molar-refractivity contribution >= 4 is 21.5 Å². The predicted molar refractivity (Wildman–Crippen MR) is 88.1 cm³/mol. The van der Waals surface area contributed by atoms with Gasteiger partial charge in [0.15, 0.2) is 0 Å². The molecule has 0 bridgehead atoms. The molecule has 9 heteroatoms. The van der Waals surface area contributed by atoms with E-state index in [1.807, 2.05) is 0 Å². The molecule has 1 aliphatic heterocycles. The Balaban J connectivity index is 2.11. The maximum Gasteiger partial charge on any atom is 0.290 e. The zero-order valence-corrected chi connectivity index (χ0v) is 14.2. The first-order valence-corrected chi connectivity index (χ1v) is 9.50. The van der Waals surface area contributed by atoms with Gasteiger partial charge >= 0.3 is 0 Å². The monoisotopic (exact) mass is 342 g/mol. The minimum Gasteiger partial charge on any atom is -0.354 e. The van der Waals surface area contributed by atoms with Crippen LogP contribution in [0.2, 0.25) is 0 Å². The van der Waals surface area contributed by atoms with Crippen molar-refractivity contribution in [3.8, 4) is 0 Å². The van der Waals surface area contributed by atoms with E-state index >= 15 is 0 Å². The Morgan fingerprint density at radius 2 is 2.17 bits per heavy atom. The number of hydrogen-bond acceptors (Lipinski definition) is 6. The van der Waals surface area contributed by atoms with Crippen LogP contribution in [0.25, 0.3) is 0 Å². The molecule has 0 amide bonds. The van der Waals surface area contributed by atoms with E-state index in [0.29, 0.717) is 18.7 Å². The molecule has 1 aromatic heterocycles. The van der Waals surface area contributed by atoms with Gasteiger partial charge in [0.05, 0.1) is 11.2 Å². The van der Waals surface area contributed by atoms with E-state index in [9.17, 15) is 18.5 Å². The number of nitrogens with one attached hydrogen (secondary N) is 1. The molecule has 1 saturated heterocycles. The van der Waals surface area contributed by atoms with Crippen LogP contribution in [0.1, 0.15) is 31.4 Å². The molecule has 0 aromatic carbocycles. The largest absolute Gasteiger partial charge is 0.354 e. The van der Waals surface area contributed by atoms with Gasteiger partial charge in [-0.3, -0.25) is 10.1 Å². The average molecular weight is 342 g/mol. The van der Waals surface area contributed by atoms with Crippen LogP contribution in [0, 0.1) is 17.0 Å². The fourth-order valence-electron chi connectivity index (χ4n) is 2.91. The molecule has 1 aromatic rings. The lowest BCUT2D eigenvalue weighted by atomic mass is 9.99. The molecule has 0 radical (unpaired) electrons. The Morgan fingerprint density at radius 1 is 1.43 bits per heavy atom. The summed E-state index contributed by atoms with van der Waals surface area (Å²) in [7, 11) is -3.19. The van der Waals surface area contributed by atoms with Crippen molar-refractivity contribution in [2.24, 2.45) is 0 Å². The highest BCUT2D eigenvalue weighted by Crippen LogP contribution is 2.27. The van der Waals surface area contributed by atoms with Gasteiger partial charge in [0.25, 0.3) is 5.69 Å². The molecule has 0 saturated carbocycles. The van der Waals surface area contributed by atoms with Crippen LogP contribution in [0.4, 0.5) is 11.5 Å². The van der Waals surface area contributed by atoms with Gasteiger partial charge in [0, 0.05) is 25.2 Å². The SMILES string of the molecule is Cc1nc(N2CCCC[C@H]2CCNS(C)(=O)=O)ccc1[N+](=O)[O-]. The molecule has 8 nitrogen and oxygen atoms in total. The standard InChI is InChI=1S/C14H22N4O4S/c1-11-13(18(19)20)6-7-14(16-11)17-10-4-3-5-12(17)8-9-15-23(2,21)22/h6-7,12,15H,3-5,8-10H2,1-2H3/t12-/m0/s1. The van der Waals surface area contributed by atoms with Crippen LogP contribution in [-0.4, -0.2) is 43.7 Å². The summed E-state index contributed by atoms with van der Waals surface area (Å²) in [6, 6.07) is 3.34. The smallest absolute Gasteiger partial charge is 0.290 e. The summed E-state index contributed by atoms with van der Waals surface area (Å²) in [6.07, 6.45) is 4.92. The third-order valence-electron chi connectivity index (χ3n) is 4.00. The van der Waals surface area contributed by atoms with E-state index in [1.54, 1.807) is 13.0 Å². The van der Waals surface area contributed by atoms with E-state index in [2.05, 4.69) is 14.6 Å². The number of nitro groups is 1. The number of aromatic nitrogens is 1. The van der Waals surface area contributed by atoms with Gasteiger partial charge < -0.3 is 4.90 Å². The van der Waals surface area contributed by atoms with E-state index in [1.165, 1.54) is 6.07 Å². The molecule has 2 rings (SSSR count). The van der Waals surface area contributed by atoms with Crippen molar-refractivity contribution in [3.63, 3.8) is 0 Å². The van der Waals surface area contributed by atoms with E-state index < -0.39 is 14.9 Å². The first-order chi connectivity index (χ1) is 10.8. The van der Waals surface area contributed by atoms with Crippen molar-refractivity contribution in [2.45, 2.75) is 38.6 Å². The molecular weight excluding hydrogens is 320 g/mol. The Bertz CT molecular complexity index is 677. The topological polar surface area (TPSA) is 105 Å². The quantitative estimate of drug-likeness (QED) is 0.622. The number of pyridine rings is 1. The minimum absolute atomic E-state index is 0.0149. The van der Waals surface area contributed by atoms with Crippen LogP contribution in [-0.2, 0) is 10.0 Å². The van der Waals surface area contributed by atoms with Crippen molar-refractivity contribution in [2.75, 3.05) is 24.2 Å². The highest BCUT2D eigenvalue weighted by atomic mass is 32.2. The maximum absolute atomic E-state index is 11.2. The summed E-state index contributed by atoms with van der Waals surface area (Å²) >= 11 is 0. The third kappa shape index (κ3) is 4.87. The van der Waals surface area contributed by atoms with Gasteiger partial charge in [-0.2, -0.15) is 0 Å². The Morgan fingerprint density at radius 3 is 2.78 bits per heavy atom. The average Bonchev–Trinajstić information content (AvgIpc) is 2.46. The van der Waals surface area contributed by atoms with Gasteiger partial charge in [-0.15, -0.1) is 0 Å². The van der Waals surface area contributed by atoms with Crippen LogP contribution >= 0.6 is 0 Å². The van der Waals surface area contributed by atoms with Crippen LogP contribution in [0.15, 0.2) is 12.1 Å². The second-order valence-corrected chi connectivity index (χ2v) is 7.66. The molecule has 1 fully saturated rings. The highest BCUT2D eigenvalue weighted by Gasteiger charge is 2.25. The van der Waals surface area contributed by atoms with E-state index in [-0.39, 0.29) is 11.7 Å². The first kappa shape index (κ1) is 17.6. The van der Waals surface area contributed by atoms with E-state index in [4.69, 9.17) is 0 Å². The number of anilines is 1. The summed E-state index contributed by atoms with van der Waals surface area (Å²) in [4.78, 5) is 17.0. The number of piperidine rings is 1. The molecular formula is C14H22N4O4S. The normalized spacial score (nSPS) is 18.9. The van der Waals surface area contributed by atoms with Crippen LogP contribution < -0.4 is 9.62 Å². The van der Waals surface area contributed by atoms with Crippen molar-refractivity contribution < 1.29 is 13.3 Å². The van der Waals surface area contributed by atoms with Crippen LogP contribution in [0.3, 0.4) is 0 Å². The fourth-order valence-corrected chi connectivity index (χ4v) is 3.40. The molecule has 2 heterocycles. The molecule has 0 aliphatic carbocycles. The predicted octanol–water partition coefficient (Wildman–Crippen LogP) is 1.60. The van der Waals surface area contributed by atoms with E-state index in [0.717, 1.165) is 37.9 Å². The first-order valence-electron chi connectivity index (χ1n) is 7.61. The molecule has 1 N–H and O–H groups in total. The summed E-state index contributed by atoms with van der Waals surface area (Å²) in [5, 5.41) is 10.9. The molecule has 23 heavy (non-hydrogen) atoms. The number of hydrogen-bond donors (Lipinski definition) is 1. The minimum atomic E-state index is -3.19. The number of aryl methyl sites for hydroxylation is 1. The summed E-state index contributed by atoms with van der Waals surface area (Å²) in [5.74, 6) is 0.720. The van der Waals surface area contributed by atoms with Gasteiger partial charge in [-0.25, -0.2) is 18.1 Å². The number of rotatable bonds is 6. The fraction of sp³-hybridized carbons (Fsp3) is 0.643. The molecule has 0 unspecified atom stereocenters. The van der Waals surface area contributed by atoms with Gasteiger partial charge in [0.2, 0.25) is 10.0 Å². The molecule has 1 atom stereocenters. The van der Waals surface area contributed by atoms with Gasteiger partial charge in [-0.05, 0) is 38.7 Å². The second-order valence-electron chi connectivity index (χ2n) is 5.83. The molecule has 1 aliphatic rings. The summed E-state index contributed by atoms with van der Waals surface area (Å²) in [6.45, 7) is 2.84. The van der Waals surface area contributed by atoms with Crippen molar-refractivity contribution in [1.29, 1.82) is 0 Å². The van der Waals surface area contributed by atoms with Crippen molar-refractivity contribution in [1.82, 2.24) is 9.71 Å². The molecule has 128 valence electrons. The van der Waals surface area contributed by atoms with Gasteiger partial charge in [0.1, 0.15) is 11.5 Å². The lowest BCUT2D eigenvalue weighted by Gasteiger charge is -2.37. The lowest BCUT2D eigenvalue weighted by molar-refractivity contribution is -0.385. The maximum atomic E-state index is 11.2. The number of sulfonamides is 1. The zero-order valence-electron chi connectivity index (χ0n) is 13.4. The van der Waals surface area contributed by atoms with Crippen molar-refractivity contribution in [3.05, 3.63) is 27.9 Å². The lowest BCUT2D eigenvalue weighted by Crippen LogP contribution is -2.42. The third-order valence-corrected chi connectivity index (χ3v) is 4.73. The number of nitrogens with zero attached hydrogens (tertiary/aromatic N) is 3. The molecule has 0 spiro atoms. The Hall–Kier alpha value is -1.74. The second kappa shape index (κ2) is 7.22. The summed E-state index contributed by atoms with van der Waals surface area (Å²) < 4.78 is 24.9. The summed E-state index contributed by atoms with van der Waals surface area (Å²) in [5.41, 5.74) is 0.409. The Labute approximate surface area is 136 Å². The highest BCUT2D eigenvalue weighted by molar-refractivity contribution is 7.88. The van der Waals surface area contributed by atoms with Crippen LogP contribution in [0.5, 0.6) is 0 Å².